The minimum atomic E-state index is -1.57. The van der Waals surface area contributed by atoms with Crippen molar-refractivity contribution < 1.29 is 23.1 Å². The highest BCUT2D eigenvalue weighted by molar-refractivity contribution is 5.93. The molecule has 0 aliphatic rings. The maximum absolute atomic E-state index is 13.5. The average molecular weight is 253 g/mol. The highest BCUT2D eigenvalue weighted by Gasteiger charge is 2.15. The van der Waals surface area contributed by atoms with Gasteiger partial charge in [0, 0.05) is 23.0 Å². The summed E-state index contributed by atoms with van der Waals surface area (Å²) in [4.78, 5) is 14.2. The van der Waals surface area contributed by atoms with E-state index in [1.807, 2.05) is 0 Å². The van der Waals surface area contributed by atoms with E-state index < -0.39 is 23.4 Å². The first-order valence-corrected chi connectivity index (χ1v) is 4.84. The van der Waals surface area contributed by atoms with Crippen molar-refractivity contribution in [2.75, 3.05) is 0 Å². The molecule has 92 valence electrons. The highest BCUT2D eigenvalue weighted by Crippen LogP contribution is 2.25. The van der Waals surface area contributed by atoms with Crippen LogP contribution in [0.15, 0.2) is 24.4 Å². The summed E-state index contributed by atoms with van der Waals surface area (Å²) in [6.45, 7) is 0. The van der Waals surface area contributed by atoms with Crippen LogP contribution in [0.1, 0.15) is 5.69 Å². The number of aliphatic carboxylic acids is 1. The smallest absolute Gasteiger partial charge is 0.328 e. The maximum atomic E-state index is 13.5. The molecule has 0 atom stereocenters. The minimum Gasteiger partial charge on any atom is -0.478 e. The number of halogens is 3. The van der Waals surface area contributed by atoms with Crippen LogP contribution in [0.5, 0.6) is 0 Å². The van der Waals surface area contributed by atoms with E-state index in [0.717, 1.165) is 18.2 Å². The molecular formula is C12H6F3NO2. The molecule has 0 saturated carbocycles. The van der Waals surface area contributed by atoms with E-state index in [1.165, 1.54) is 12.3 Å². The number of carbonyl (C=O) groups is 1. The van der Waals surface area contributed by atoms with Gasteiger partial charge in [0.05, 0.1) is 5.69 Å². The van der Waals surface area contributed by atoms with Gasteiger partial charge in [-0.3, -0.25) is 4.98 Å². The number of rotatable bonds is 2. The number of hydrogen-bond acceptors (Lipinski definition) is 2. The summed E-state index contributed by atoms with van der Waals surface area (Å²) in [6, 6.07) is 1.97. The van der Waals surface area contributed by atoms with Crippen LogP contribution in [-0.2, 0) is 4.79 Å². The number of hydrogen-bond donors (Lipinski definition) is 1. The van der Waals surface area contributed by atoms with E-state index in [2.05, 4.69) is 4.98 Å². The third-order valence-electron chi connectivity index (χ3n) is 2.31. The first-order valence-electron chi connectivity index (χ1n) is 4.84. The molecule has 0 spiro atoms. The van der Waals surface area contributed by atoms with E-state index in [-0.39, 0.29) is 16.5 Å². The molecule has 3 nitrogen and oxygen atoms in total. The Morgan fingerprint density at radius 1 is 1.22 bits per heavy atom. The Hall–Kier alpha value is -2.37. The molecule has 1 heterocycles. The number of pyridine rings is 1. The highest BCUT2D eigenvalue weighted by atomic mass is 19.2. The Morgan fingerprint density at radius 2 is 1.94 bits per heavy atom. The van der Waals surface area contributed by atoms with Gasteiger partial charge in [-0.1, -0.05) is 0 Å². The average Bonchev–Trinajstić information content (AvgIpc) is 2.34. The van der Waals surface area contributed by atoms with Crippen LogP contribution in [0.25, 0.3) is 16.8 Å². The minimum absolute atomic E-state index is 0.00593. The molecule has 0 radical (unpaired) electrons. The van der Waals surface area contributed by atoms with Gasteiger partial charge in [-0.15, -0.1) is 0 Å². The van der Waals surface area contributed by atoms with Crippen molar-refractivity contribution in [3.8, 4) is 0 Å². The van der Waals surface area contributed by atoms with Gasteiger partial charge in [-0.2, -0.15) is 0 Å². The molecule has 0 aliphatic heterocycles. The van der Waals surface area contributed by atoms with Gasteiger partial charge in [0.1, 0.15) is 0 Å². The van der Waals surface area contributed by atoms with Crippen molar-refractivity contribution in [3.05, 3.63) is 47.6 Å². The number of benzene rings is 1. The van der Waals surface area contributed by atoms with E-state index >= 15 is 0 Å². The molecule has 18 heavy (non-hydrogen) atoms. The van der Waals surface area contributed by atoms with Gasteiger partial charge in [-0.25, -0.2) is 18.0 Å². The normalized spacial score (nSPS) is 11.3. The van der Waals surface area contributed by atoms with Crippen LogP contribution in [0.4, 0.5) is 13.2 Å². The zero-order chi connectivity index (χ0) is 13.3. The molecule has 2 rings (SSSR count). The summed E-state index contributed by atoms with van der Waals surface area (Å²) in [6.07, 6.45) is 3.05. The predicted molar refractivity (Wildman–Crippen MR) is 58.3 cm³/mol. The van der Waals surface area contributed by atoms with E-state index in [9.17, 15) is 18.0 Å². The summed E-state index contributed by atoms with van der Waals surface area (Å²) in [5.74, 6) is -5.46. The molecule has 0 fully saturated rings. The second-order valence-corrected chi connectivity index (χ2v) is 3.45. The quantitative estimate of drug-likeness (QED) is 0.661. The molecule has 6 heteroatoms. The van der Waals surface area contributed by atoms with Gasteiger partial charge in [0.2, 0.25) is 0 Å². The van der Waals surface area contributed by atoms with Crippen molar-refractivity contribution in [1.82, 2.24) is 4.98 Å². The fourth-order valence-electron chi connectivity index (χ4n) is 1.53. The van der Waals surface area contributed by atoms with Crippen LogP contribution in [0, 0.1) is 17.5 Å². The van der Waals surface area contributed by atoms with Gasteiger partial charge >= 0.3 is 5.97 Å². The van der Waals surface area contributed by atoms with Crippen molar-refractivity contribution in [2.45, 2.75) is 0 Å². The molecule has 0 amide bonds. The molecule has 0 aliphatic carbocycles. The Morgan fingerprint density at radius 3 is 2.61 bits per heavy atom. The lowest BCUT2D eigenvalue weighted by molar-refractivity contribution is -0.131. The van der Waals surface area contributed by atoms with Crippen LogP contribution in [0.3, 0.4) is 0 Å². The summed E-state index contributed by atoms with van der Waals surface area (Å²) >= 11 is 0. The third kappa shape index (κ3) is 2.04. The third-order valence-corrected chi connectivity index (χ3v) is 2.31. The molecule has 0 unspecified atom stereocenters. The van der Waals surface area contributed by atoms with E-state index in [4.69, 9.17) is 5.11 Å². The Labute approximate surface area is 99.2 Å². The number of carboxylic acids is 1. The zero-order valence-corrected chi connectivity index (χ0v) is 8.82. The van der Waals surface area contributed by atoms with Crippen molar-refractivity contribution in [1.29, 1.82) is 0 Å². The molecule has 1 aromatic carbocycles. The second kappa shape index (κ2) is 4.48. The second-order valence-electron chi connectivity index (χ2n) is 3.45. The van der Waals surface area contributed by atoms with Gasteiger partial charge in [-0.05, 0) is 18.2 Å². The Balaban J connectivity index is 2.74. The van der Waals surface area contributed by atoms with E-state index in [1.54, 1.807) is 0 Å². The zero-order valence-electron chi connectivity index (χ0n) is 8.82. The Kier molecular flexibility index (Phi) is 3.01. The van der Waals surface area contributed by atoms with Crippen LogP contribution < -0.4 is 0 Å². The van der Waals surface area contributed by atoms with Crippen molar-refractivity contribution in [2.24, 2.45) is 0 Å². The predicted octanol–water partition coefficient (Wildman–Crippen LogP) is 2.75. The molecule has 0 saturated heterocycles. The number of nitrogens with zero attached hydrogens (tertiary/aromatic N) is 1. The first-order chi connectivity index (χ1) is 8.50. The molecule has 1 N–H and O–H groups in total. The Bertz CT molecular complexity index is 668. The number of fused-ring (bicyclic) bond motifs is 1. The molecule has 0 bridgehead atoms. The standard InChI is InChI=1S/C12H6F3NO2/c13-8-5-7-6(11(14)12(8)15)3-4-16-9(7)1-2-10(17)18/h1-5H,(H,17,18)/b2-1+. The summed E-state index contributed by atoms with van der Waals surface area (Å²) in [5.41, 5.74) is 0.0488. The van der Waals surface area contributed by atoms with Crippen LogP contribution in [-0.4, -0.2) is 16.1 Å². The fraction of sp³-hybridized carbons (Fsp3) is 0. The lowest BCUT2D eigenvalue weighted by atomic mass is 10.1. The first kappa shape index (κ1) is 12.1. The molecular weight excluding hydrogens is 247 g/mol. The van der Waals surface area contributed by atoms with Crippen LogP contribution in [0.2, 0.25) is 0 Å². The lowest BCUT2D eigenvalue weighted by Crippen LogP contribution is -1.95. The van der Waals surface area contributed by atoms with Crippen molar-refractivity contribution in [3.63, 3.8) is 0 Å². The van der Waals surface area contributed by atoms with Gasteiger partial charge < -0.3 is 5.11 Å². The summed E-state index contributed by atoms with van der Waals surface area (Å²) < 4.78 is 39.6. The van der Waals surface area contributed by atoms with Crippen LogP contribution >= 0.6 is 0 Å². The maximum Gasteiger partial charge on any atom is 0.328 e. The van der Waals surface area contributed by atoms with Gasteiger partial charge in [0.15, 0.2) is 17.5 Å². The number of aromatic nitrogens is 1. The fourth-order valence-corrected chi connectivity index (χ4v) is 1.53. The SMILES string of the molecule is O=C(O)/C=C/c1nccc2c(F)c(F)c(F)cc12. The van der Waals surface area contributed by atoms with E-state index in [0.29, 0.717) is 0 Å². The molecule has 1 aromatic heterocycles. The lowest BCUT2D eigenvalue weighted by Gasteiger charge is -2.04. The molecule has 2 aromatic rings. The monoisotopic (exact) mass is 253 g/mol. The topological polar surface area (TPSA) is 50.2 Å². The summed E-state index contributed by atoms with van der Waals surface area (Å²) in [7, 11) is 0. The van der Waals surface area contributed by atoms with Crippen molar-refractivity contribution >= 4 is 22.8 Å². The number of carboxylic acid groups (broad SMARTS) is 1. The summed E-state index contributed by atoms with van der Waals surface area (Å²) in [5, 5.41) is 8.32. The van der Waals surface area contributed by atoms with Gasteiger partial charge in [0.25, 0.3) is 0 Å². The largest absolute Gasteiger partial charge is 0.478 e.